The van der Waals surface area contributed by atoms with Crippen molar-refractivity contribution >= 4 is 17.5 Å². The number of piperidine rings is 1. The van der Waals surface area contributed by atoms with Gasteiger partial charge in [0, 0.05) is 23.4 Å². The van der Waals surface area contributed by atoms with Gasteiger partial charge in [-0.3, -0.25) is 0 Å². The van der Waals surface area contributed by atoms with Crippen molar-refractivity contribution in [2.24, 2.45) is 5.18 Å². The number of anilines is 2. The van der Waals surface area contributed by atoms with Crippen molar-refractivity contribution in [3.8, 4) is 22.6 Å². The van der Waals surface area contributed by atoms with Crippen LogP contribution in [0, 0.1) is 10.7 Å². The highest BCUT2D eigenvalue weighted by Gasteiger charge is 2.22. The summed E-state index contributed by atoms with van der Waals surface area (Å²) in [5.74, 6) is -0.593. The molecule has 10 heteroatoms. The third-order valence-electron chi connectivity index (χ3n) is 5.31. The van der Waals surface area contributed by atoms with E-state index in [4.69, 9.17) is 11.5 Å². The maximum Gasteiger partial charge on any atom is 0.220 e. The van der Waals surface area contributed by atoms with Crippen LogP contribution < -0.4 is 11.5 Å². The first-order chi connectivity index (χ1) is 14.5. The Morgan fingerprint density at radius 1 is 1.10 bits per heavy atom. The quantitative estimate of drug-likeness (QED) is 0.628. The minimum Gasteiger partial charge on any atom is -0.381 e. The van der Waals surface area contributed by atoms with Crippen LogP contribution in [0.3, 0.4) is 0 Å². The molecule has 0 amide bonds. The molecule has 4 heterocycles. The van der Waals surface area contributed by atoms with Gasteiger partial charge in [0.25, 0.3) is 0 Å². The molecule has 30 heavy (non-hydrogen) atoms. The maximum absolute atomic E-state index is 14.4. The van der Waals surface area contributed by atoms with Crippen LogP contribution in [0.25, 0.3) is 22.6 Å². The lowest BCUT2D eigenvalue weighted by atomic mass is 9.93. The van der Waals surface area contributed by atoms with Gasteiger partial charge in [0.1, 0.15) is 11.4 Å². The summed E-state index contributed by atoms with van der Waals surface area (Å²) in [7, 11) is 2.08. The highest BCUT2D eigenvalue weighted by molar-refractivity contribution is 5.75. The van der Waals surface area contributed by atoms with Gasteiger partial charge in [-0.1, -0.05) is 0 Å². The standard InChI is InChI=1S/C20H21FN8O/c1-29-8-5-11(6-9-29)15-10-16(27-20(23)26-15)18-14(28-30)3-2-13(25-18)12-4-7-24-19(22)17(12)21/h2-4,7,10-11H,5-6,8-9H2,1H3,(H2,22,24)(H2,23,26,27). The van der Waals surface area contributed by atoms with Crippen molar-refractivity contribution in [1.29, 1.82) is 0 Å². The zero-order chi connectivity index (χ0) is 21.3. The highest BCUT2D eigenvalue weighted by Crippen LogP contribution is 2.34. The molecule has 154 valence electrons. The Balaban J connectivity index is 1.79. The van der Waals surface area contributed by atoms with Crippen molar-refractivity contribution in [1.82, 2.24) is 24.8 Å². The van der Waals surface area contributed by atoms with E-state index in [2.05, 4.69) is 37.1 Å². The van der Waals surface area contributed by atoms with Gasteiger partial charge in [-0.05, 0) is 62.4 Å². The fourth-order valence-corrected chi connectivity index (χ4v) is 3.64. The van der Waals surface area contributed by atoms with E-state index in [1.165, 1.54) is 24.4 Å². The molecule has 9 nitrogen and oxygen atoms in total. The summed E-state index contributed by atoms with van der Waals surface area (Å²) >= 11 is 0. The van der Waals surface area contributed by atoms with Gasteiger partial charge in [-0.25, -0.2) is 24.3 Å². The van der Waals surface area contributed by atoms with Gasteiger partial charge >= 0.3 is 0 Å². The molecule has 0 radical (unpaired) electrons. The van der Waals surface area contributed by atoms with Crippen LogP contribution in [0.2, 0.25) is 0 Å². The molecule has 1 saturated heterocycles. The third kappa shape index (κ3) is 3.81. The van der Waals surface area contributed by atoms with E-state index < -0.39 is 5.82 Å². The predicted octanol–water partition coefficient (Wildman–Crippen LogP) is 3.11. The zero-order valence-electron chi connectivity index (χ0n) is 16.4. The summed E-state index contributed by atoms with van der Waals surface area (Å²) in [5, 5.41) is 3.05. The lowest BCUT2D eigenvalue weighted by Crippen LogP contribution is -2.29. The first-order valence-corrected chi connectivity index (χ1v) is 9.54. The van der Waals surface area contributed by atoms with E-state index in [9.17, 15) is 9.30 Å². The van der Waals surface area contributed by atoms with Gasteiger partial charge < -0.3 is 16.4 Å². The van der Waals surface area contributed by atoms with Crippen molar-refractivity contribution in [3.63, 3.8) is 0 Å². The number of pyridine rings is 2. The van der Waals surface area contributed by atoms with Crippen LogP contribution in [-0.2, 0) is 0 Å². The Morgan fingerprint density at radius 3 is 2.60 bits per heavy atom. The molecule has 3 aromatic heterocycles. The van der Waals surface area contributed by atoms with Crippen LogP contribution in [-0.4, -0.2) is 45.0 Å². The molecule has 1 aliphatic rings. The smallest absolute Gasteiger partial charge is 0.220 e. The van der Waals surface area contributed by atoms with Gasteiger partial charge in [-0.15, -0.1) is 4.91 Å². The van der Waals surface area contributed by atoms with Gasteiger partial charge in [0.05, 0.1) is 11.4 Å². The van der Waals surface area contributed by atoms with Crippen LogP contribution in [0.4, 0.5) is 21.8 Å². The van der Waals surface area contributed by atoms with E-state index in [1.807, 2.05) is 0 Å². The monoisotopic (exact) mass is 408 g/mol. The molecule has 1 fully saturated rings. The minimum absolute atomic E-state index is 0.0774. The van der Waals surface area contributed by atoms with Crippen LogP contribution in [0.1, 0.15) is 24.5 Å². The summed E-state index contributed by atoms with van der Waals surface area (Å²) < 4.78 is 14.4. The molecule has 0 bridgehead atoms. The molecule has 0 atom stereocenters. The molecular formula is C20H21FN8O. The number of nitrogen functional groups attached to an aromatic ring is 2. The number of nitroso groups, excluding NO2 is 1. The summed E-state index contributed by atoms with van der Waals surface area (Å²) in [5.41, 5.74) is 13.4. The number of aromatic nitrogens is 4. The average Bonchev–Trinajstić information content (AvgIpc) is 2.75. The number of hydrogen-bond acceptors (Lipinski definition) is 9. The van der Waals surface area contributed by atoms with Crippen LogP contribution >= 0.6 is 0 Å². The second kappa shape index (κ2) is 8.07. The number of hydrogen-bond donors (Lipinski definition) is 2. The second-order valence-corrected chi connectivity index (χ2v) is 7.33. The fraction of sp³-hybridized carbons (Fsp3) is 0.300. The van der Waals surface area contributed by atoms with Crippen molar-refractivity contribution < 1.29 is 4.39 Å². The van der Waals surface area contributed by atoms with Gasteiger partial charge in [-0.2, -0.15) is 0 Å². The average molecular weight is 408 g/mol. The summed E-state index contributed by atoms with van der Waals surface area (Å²) in [6.07, 6.45) is 3.28. The molecule has 0 aliphatic carbocycles. The molecule has 4 rings (SSSR count). The van der Waals surface area contributed by atoms with E-state index in [-0.39, 0.29) is 40.3 Å². The lowest BCUT2D eigenvalue weighted by Gasteiger charge is -2.28. The molecule has 3 aromatic rings. The van der Waals surface area contributed by atoms with E-state index in [0.29, 0.717) is 5.69 Å². The van der Waals surface area contributed by atoms with Crippen molar-refractivity contribution in [2.75, 3.05) is 31.6 Å². The number of nitrogens with zero attached hydrogens (tertiary/aromatic N) is 6. The Morgan fingerprint density at radius 2 is 1.87 bits per heavy atom. The Hall–Kier alpha value is -3.53. The summed E-state index contributed by atoms with van der Waals surface area (Å²) in [4.78, 5) is 30.5. The number of halogens is 1. The largest absolute Gasteiger partial charge is 0.381 e. The van der Waals surface area contributed by atoms with E-state index in [1.54, 1.807) is 6.07 Å². The number of rotatable bonds is 4. The third-order valence-corrected chi connectivity index (χ3v) is 5.31. The van der Waals surface area contributed by atoms with Crippen molar-refractivity contribution in [2.45, 2.75) is 18.8 Å². The molecule has 0 aromatic carbocycles. The normalized spacial score (nSPS) is 15.3. The first-order valence-electron chi connectivity index (χ1n) is 9.54. The summed E-state index contributed by atoms with van der Waals surface area (Å²) in [6.45, 7) is 1.92. The fourth-order valence-electron chi connectivity index (χ4n) is 3.64. The molecule has 0 spiro atoms. The first kappa shape index (κ1) is 19.8. The Bertz CT molecular complexity index is 1100. The highest BCUT2D eigenvalue weighted by atomic mass is 19.1. The maximum atomic E-state index is 14.4. The van der Waals surface area contributed by atoms with Crippen molar-refractivity contribution in [3.05, 3.63) is 46.9 Å². The SMILES string of the molecule is CN1CCC(c2cc(-c3nc(-c4ccnc(N)c4F)ccc3N=O)nc(N)n2)CC1. The Labute approximate surface area is 172 Å². The topological polar surface area (TPSA) is 136 Å². The second-order valence-electron chi connectivity index (χ2n) is 7.33. The molecule has 4 N–H and O–H groups in total. The van der Waals surface area contributed by atoms with E-state index >= 15 is 0 Å². The molecular weight excluding hydrogens is 387 g/mol. The Kier molecular flexibility index (Phi) is 5.32. The molecule has 1 aliphatic heterocycles. The van der Waals surface area contributed by atoms with Gasteiger partial charge in [0.2, 0.25) is 5.95 Å². The zero-order valence-corrected chi connectivity index (χ0v) is 16.4. The summed E-state index contributed by atoms with van der Waals surface area (Å²) in [6, 6.07) is 6.21. The van der Waals surface area contributed by atoms with Gasteiger partial charge in [0.15, 0.2) is 11.6 Å². The minimum atomic E-state index is -0.683. The van der Waals surface area contributed by atoms with Crippen LogP contribution in [0.5, 0.6) is 0 Å². The van der Waals surface area contributed by atoms with E-state index in [0.717, 1.165) is 31.6 Å². The molecule has 0 unspecified atom stereocenters. The number of nitrogens with two attached hydrogens (primary N) is 2. The molecule has 0 saturated carbocycles. The van der Waals surface area contributed by atoms with Crippen LogP contribution in [0.15, 0.2) is 35.6 Å². The lowest BCUT2D eigenvalue weighted by molar-refractivity contribution is 0.253. The number of likely N-dealkylation sites (tertiary alicyclic amines) is 1. The predicted molar refractivity (Wildman–Crippen MR) is 112 cm³/mol.